The number of nitrogens with zero attached hydrogens (tertiary/aromatic N) is 2. The topological polar surface area (TPSA) is 142 Å². The average Bonchev–Trinajstić information content (AvgIpc) is 3.56. The van der Waals surface area contributed by atoms with Crippen LogP contribution < -0.4 is 16.4 Å². The molecule has 2 saturated heterocycles. The minimum absolute atomic E-state index is 0.0462. The Morgan fingerprint density at radius 3 is 2.08 bits per heavy atom. The van der Waals surface area contributed by atoms with Crippen molar-refractivity contribution in [2.75, 3.05) is 19.6 Å². The average molecular weight is 504 g/mol. The Morgan fingerprint density at radius 2 is 1.47 bits per heavy atom. The van der Waals surface area contributed by atoms with Gasteiger partial charge in [-0.25, -0.2) is 4.79 Å². The number of hydrogen-bond donors (Lipinski definition) is 3. The molecule has 10 nitrogen and oxygen atoms in total. The number of nitrogens with one attached hydrogen (secondary N) is 2. The minimum Gasteiger partial charge on any atom is -0.363 e. The maximum absolute atomic E-state index is 13.8. The van der Waals surface area contributed by atoms with Gasteiger partial charge in [0, 0.05) is 19.6 Å². The zero-order chi connectivity index (χ0) is 25.7. The molecule has 0 radical (unpaired) electrons. The first-order valence-electron chi connectivity index (χ1n) is 13.8. The molecule has 200 valence electrons. The highest BCUT2D eigenvalue weighted by Gasteiger charge is 2.42. The van der Waals surface area contributed by atoms with E-state index in [0.717, 1.165) is 64.2 Å². The standard InChI is InChI=1S/C26H41N5O5/c27-23(33)22(32)19(16-17-8-6-9-17)28-24(34)20-12-7-15-31(20)25(35)21(18-10-2-1-3-11-18)29-26(36)30-13-4-5-14-30/h17-21H,1-16H2,(H2,27,33)(H,28,34)(H,29,36). The van der Waals surface area contributed by atoms with Gasteiger partial charge in [-0.3, -0.25) is 19.2 Å². The van der Waals surface area contributed by atoms with Crippen molar-refractivity contribution in [1.29, 1.82) is 0 Å². The lowest BCUT2D eigenvalue weighted by Crippen LogP contribution is -2.59. The van der Waals surface area contributed by atoms with Crippen LogP contribution in [-0.4, -0.2) is 77.1 Å². The molecule has 0 bridgehead atoms. The highest BCUT2D eigenvalue weighted by molar-refractivity contribution is 6.37. The van der Waals surface area contributed by atoms with E-state index in [2.05, 4.69) is 10.6 Å². The molecule has 0 aromatic heterocycles. The zero-order valence-electron chi connectivity index (χ0n) is 21.2. The predicted octanol–water partition coefficient (Wildman–Crippen LogP) is 1.46. The molecule has 2 aliphatic carbocycles. The summed E-state index contributed by atoms with van der Waals surface area (Å²) in [5.41, 5.74) is 5.25. The van der Waals surface area contributed by atoms with E-state index in [9.17, 15) is 24.0 Å². The fourth-order valence-electron chi connectivity index (χ4n) is 6.21. The summed E-state index contributed by atoms with van der Waals surface area (Å²) in [4.78, 5) is 67.4. The van der Waals surface area contributed by atoms with E-state index in [-0.39, 0.29) is 23.8 Å². The summed E-state index contributed by atoms with van der Waals surface area (Å²) in [5, 5.41) is 5.78. The molecular formula is C26H41N5O5. The number of urea groups is 1. The number of carbonyl (C=O) groups excluding carboxylic acids is 5. The van der Waals surface area contributed by atoms with Crippen LogP contribution in [0.1, 0.15) is 83.5 Å². The molecule has 5 amide bonds. The molecule has 10 heteroatoms. The van der Waals surface area contributed by atoms with Crippen LogP contribution in [0.5, 0.6) is 0 Å². The van der Waals surface area contributed by atoms with Gasteiger partial charge in [0.15, 0.2) is 0 Å². The molecule has 4 fully saturated rings. The van der Waals surface area contributed by atoms with Crippen molar-refractivity contribution < 1.29 is 24.0 Å². The zero-order valence-corrected chi connectivity index (χ0v) is 21.2. The third kappa shape index (κ3) is 6.18. The lowest BCUT2D eigenvalue weighted by molar-refractivity contribution is -0.143. The van der Waals surface area contributed by atoms with E-state index in [1.165, 1.54) is 0 Å². The van der Waals surface area contributed by atoms with E-state index < -0.39 is 35.7 Å². The molecule has 0 spiro atoms. The number of amides is 5. The number of hydrogen-bond acceptors (Lipinski definition) is 5. The number of carbonyl (C=O) groups is 5. The summed E-state index contributed by atoms with van der Waals surface area (Å²) in [5.74, 6) is -2.15. The fraction of sp³-hybridized carbons (Fsp3) is 0.808. The van der Waals surface area contributed by atoms with Gasteiger partial charge in [-0.1, -0.05) is 38.5 Å². The van der Waals surface area contributed by atoms with Crippen molar-refractivity contribution >= 4 is 29.5 Å². The summed E-state index contributed by atoms with van der Waals surface area (Å²) in [7, 11) is 0. The molecule has 0 aromatic rings. The number of likely N-dealkylation sites (tertiary alicyclic amines) is 2. The lowest BCUT2D eigenvalue weighted by atomic mass is 9.80. The van der Waals surface area contributed by atoms with E-state index in [0.29, 0.717) is 38.9 Å². The first-order valence-corrected chi connectivity index (χ1v) is 13.8. The van der Waals surface area contributed by atoms with Crippen molar-refractivity contribution in [3.8, 4) is 0 Å². The van der Waals surface area contributed by atoms with Crippen LogP contribution in [0.3, 0.4) is 0 Å². The van der Waals surface area contributed by atoms with E-state index in [4.69, 9.17) is 5.73 Å². The van der Waals surface area contributed by atoms with Crippen molar-refractivity contribution in [1.82, 2.24) is 20.4 Å². The van der Waals surface area contributed by atoms with Crippen molar-refractivity contribution in [2.45, 2.75) is 102 Å². The molecule has 0 aromatic carbocycles. The largest absolute Gasteiger partial charge is 0.363 e. The number of ketones is 1. The summed E-state index contributed by atoms with van der Waals surface area (Å²) in [6, 6.07) is -2.55. The highest BCUT2D eigenvalue weighted by Crippen LogP contribution is 2.32. The van der Waals surface area contributed by atoms with E-state index in [1.807, 2.05) is 0 Å². The molecule has 2 saturated carbocycles. The number of rotatable bonds is 9. The Labute approximate surface area is 213 Å². The Bertz CT molecular complexity index is 848. The molecule has 2 aliphatic heterocycles. The molecule has 3 atom stereocenters. The van der Waals surface area contributed by atoms with E-state index in [1.54, 1.807) is 9.80 Å². The van der Waals surface area contributed by atoms with Crippen LogP contribution in [0.25, 0.3) is 0 Å². The third-order valence-electron chi connectivity index (χ3n) is 8.57. The Hall–Kier alpha value is -2.65. The van der Waals surface area contributed by atoms with Crippen LogP contribution in [0, 0.1) is 11.8 Å². The Kier molecular flexibility index (Phi) is 8.85. The first kappa shape index (κ1) is 26.4. The van der Waals surface area contributed by atoms with Gasteiger partial charge in [0.2, 0.25) is 17.6 Å². The van der Waals surface area contributed by atoms with Gasteiger partial charge in [0.05, 0.1) is 6.04 Å². The first-order chi connectivity index (χ1) is 17.3. The van der Waals surface area contributed by atoms with Gasteiger partial charge in [0.1, 0.15) is 12.1 Å². The third-order valence-corrected chi connectivity index (χ3v) is 8.57. The monoisotopic (exact) mass is 503 g/mol. The van der Waals surface area contributed by atoms with Crippen molar-refractivity contribution in [2.24, 2.45) is 17.6 Å². The minimum atomic E-state index is -1.05. The molecule has 36 heavy (non-hydrogen) atoms. The molecular weight excluding hydrogens is 462 g/mol. The molecule has 2 heterocycles. The van der Waals surface area contributed by atoms with E-state index >= 15 is 0 Å². The summed E-state index contributed by atoms with van der Waals surface area (Å²) in [6.45, 7) is 1.82. The lowest BCUT2D eigenvalue weighted by Gasteiger charge is -2.36. The SMILES string of the molecule is NC(=O)C(=O)C(CC1CCC1)NC(=O)C1CCCN1C(=O)C(NC(=O)N1CCCC1)C1CCCCC1. The van der Waals surface area contributed by atoms with Crippen LogP contribution in [-0.2, 0) is 19.2 Å². The summed E-state index contributed by atoms with van der Waals surface area (Å²) < 4.78 is 0. The van der Waals surface area contributed by atoms with Gasteiger partial charge in [-0.2, -0.15) is 0 Å². The fourth-order valence-corrected chi connectivity index (χ4v) is 6.21. The predicted molar refractivity (Wildman–Crippen MR) is 133 cm³/mol. The van der Waals surface area contributed by atoms with Gasteiger partial charge < -0.3 is 26.2 Å². The van der Waals surface area contributed by atoms with Crippen LogP contribution >= 0.6 is 0 Å². The van der Waals surface area contributed by atoms with Gasteiger partial charge >= 0.3 is 6.03 Å². The summed E-state index contributed by atoms with van der Waals surface area (Å²) >= 11 is 0. The normalized spacial score (nSPS) is 24.6. The smallest absolute Gasteiger partial charge is 0.318 e. The van der Waals surface area contributed by atoms with Crippen LogP contribution in [0.4, 0.5) is 4.79 Å². The highest BCUT2D eigenvalue weighted by atomic mass is 16.2. The Morgan fingerprint density at radius 1 is 0.778 bits per heavy atom. The second kappa shape index (κ2) is 12.1. The van der Waals surface area contributed by atoms with Crippen molar-refractivity contribution in [3.05, 3.63) is 0 Å². The van der Waals surface area contributed by atoms with Gasteiger partial charge in [-0.05, 0) is 56.8 Å². The molecule has 4 rings (SSSR count). The van der Waals surface area contributed by atoms with Gasteiger partial charge in [0.25, 0.3) is 5.91 Å². The van der Waals surface area contributed by atoms with Crippen molar-refractivity contribution in [3.63, 3.8) is 0 Å². The Balaban J connectivity index is 1.45. The second-order valence-electron chi connectivity index (χ2n) is 11.0. The van der Waals surface area contributed by atoms with Crippen LogP contribution in [0.15, 0.2) is 0 Å². The van der Waals surface area contributed by atoms with Gasteiger partial charge in [-0.15, -0.1) is 0 Å². The molecule has 4 aliphatic rings. The number of nitrogens with two attached hydrogens (primary N) is 1. The number of Topliss-reactive ketones (excluding diaryl/α,β-unsaturated/α-hetero) is 1. The quantitative estimate of drug-likeness (QED) is 0.409. The molecule has 3 unspecified atom stereocenters. The molecule has 4 N–H and O–H groups in total. The van der Waals surface area contributed by atoms with Crippen LogP contribution in [0.2, 0.25) is 0 Å². The summed E-state index contributed by atoms with van der Waals surface area (Å²) in [6.07, 6.45) is 11.4. The second-order valence-corrected chi connectivity index (χ2v) is 11.0. The maximum Gasteiger partial charge on any atom is 0.318 e. The maximum atomic E-state index is 13.8. The number of primary amides is 1.